The fourth-order valence-corrected chi connectivity index (χ4v) is 2.44. The molecule has 6 nitrogen and oxygen atoms in total. The van der Waals surface area contributed by atoms with Gasteiger partial charge in [-0.05, 0) is 29.3 Å². The highest BCUT2D eigenvalue weighted by atomic mass is 19.4. The highest BCUT2D eigenvalue weighted by molar-refractivity contribution is 5.89. The number of H-pyrrole nitrogens is 1. The largest absolute Gasteiger partial charge is 0.573 e. The highest BCUT2D eigenvalue weighted by Crippen LogP contribution is 2.29. The quantitative estimate of drug-likeness (QED) is 0.665. The first-order valence-corrected chi connectivity index (χ1v) is 7.57. The number of carbonyl (C=O) groups is 1. The molecule has 2 aromatic carbocycles. The summed E-state index contributed by atoms with van der Waals surface area (Å²) in [7, 11) is 0. The van der Waals surface area contributed by atoms with Crippen molar-refractivity contribution < 1.29 is 27.1 Å². The van der Waals surface area contributed by atoms with E-state index in [9.17, 15) is 22.4 Å². The van der Waals surface area contributed by atoms with Crippen LogP contribution in [0.15, 0.2) is 42.5 Å². The van der Waals surface area contributed by atoms with Crippen molar-refractivity contribution in [3.05, 3.63) is 65.2 Å². The number of hydrogen-bond acceptors (Lipinski definition) is 4. The molecule has 3 rings (SSSR count). The van der Waals surface area contributed by atoms with E-state index in [4.69, 9.17) is 5.73 Å². The molecule has 0 aliphatic rings. The molecular weight excluding hydrogens is 368 g/mol. The van der Waals surface area contributed by atoms with Crippen molar-refractivity contribution in [3.8, 4) is 17.1 Å². The van der Waals surface area contributed by atoms with Gasteiger partial charge in [0, 0.05) is 6.42 Å². The van der Waals surface area contributed by atoms with Crippen molar-refractivity contribution in [1.29, 1.82) is 0 Å². The third-order valence-electron chi connectivity index (χ3n) is 3.58. The molecule has 1 heterocycles. The van der Waals surface area contributed by atoms with Gasteiger partial charge in [-0.15, -0.1) is 13.2 Å². The van der Waals surface area contributed by atoms with Crippen LogP contribution in [0.4, 0.5) is 17.6 Å². The van der Waals surface area contributed by atoms with E-state index < -0.39 is 18.1 Å². The van der Waals surface area contributed by atoms with Crippen LogP contribution in [0.5, 0.6) is 5.75 Å². The Morgan fingerprint density at radius 3 is 2.59 bits per heavy atom. The normalized spacial score (nSPS) is 11.4. The van der Waals surface area contributed by atoms with Gasteiger partial charge in [-0.2, -0.15) is 5.10 Å². The number of amides is 1. The number of alkyl halides is 3. The predicted octanol–water partition coefficient (Wildman–Crippen LogP) is 3.20. The number of ether oxygens (including phenoxy) is 1. The van der Waals surface area contributed by atoms with Crippen molar-refractivity contribution in [3.63, 3.8) is 0 Å². The maximum atomic E-state index is 14.1. The van der Waals surface area contributed by atoms with Crippen molar-refractivity contribution in [1.82, 2.24) is 15.2 Å². The van der Waals surface area contributed by atoms with Crippen LogP contribution in [0.1, 0.15) is 21.7 Å². The van der Waals surface area contributed by atoms with E-state index in [0.29, 0.717) is 5.56 Å². The van der Waals surface area contributed by atoms with E-state index in [0.717, 1.165) is 6.07 Å². The molecular formula is C17H12F4N4O2. The molecule has 1 aromatic heterocycles. The molecule has 0 unspecified atom stereocenters. The summed E-state index contributed by atoms with van der Waals surface area (Å²) < 4.78 is 55.8. The smallest absolute Gasteiger partial charge is 0.405 e. The third kappa shape index (κ3) is 4.40. The summed E-state index contributed by atoms with van der Waals surface area (Å²) in [5.41, 5.74) is 5.81. The van der Waals surface area contributed by atoms with Crippen LogP contribution in [0, 0.1) is 5.82 Å². The Morgan fingerprint density at radius 2 is 1.93 bits per heavy atom. The average molecular weight is 380 g/mol. The Labute approximate surface area is 150 Å². The highest BCUT2D eigenvalue weighted by Gasteiger charge is 2.32. The Balaban J connectivity index is 1.92. The van der Waals surface area contributed by atoms with E-state index in [1.807, 2.05) is 0 Å². The van der Waals surface area contributed by atoms with Crippen LogP contribution in [-0.4, -0.2) is 27.5 Å². The summed E-state index contributed by atoms with van der Waals surface area (Å²) in [4.78, 5) is 14.9. The maximum Gasteiger partial charge on any atom is 0.573 e. The molecule has 0 fully saturated rings. The molecule has 1 amide bonds. The Bertz CT molecular complexity index is 985. The first-order valence-electron chi connectivity index (χ1n) is 7.57. The van der Waals surface area contributed by atoms with E-state index in [1.54, 1.807) is 6.07 Å². The topological polar surface area (TPSA) is 93.9 Å². The van der Waals surface area contributed by atoms with Crippen LogP contribution >= 0.6 is 0 Å². The lowest BCUT2D eigenvalue weighted by molar-refractivity contribution is -0.274. The van der Waals surface area contributed by atoms with Crippen molar-refractivity contribution in [2.24, 2.45) is 5.73 Å². The molecule has 0 bridgehead atoms. The number of rotatable bonds is 5. The summed E-state index contributed by atoms with van der Waals surface area (Å²) in [5, 5.41) is 6.02. The van der Waals surface area contributed by atoms with Crippen molar-refractivity contribution >= 4 is 5.91 Å². The van der Waals surface area contributed by atoms with Gasteiger partial charge in [0.1, 0.15) is 11.6 Å². The molecule has 0 atom stereocenters. The second kappa shape index (κ2) is 7.06. The Hall–Kier alpha value is -3.43. The van der Waals surface area contributed by atoms with E-state index in [1.165, 1.54) is 30.3 Å². The number of aromatic nitrogens is 3. The van der Waals surface area contributed by atoms with E-state index >= 15 is 0 Å². The number of nitrogens with one attached hydrogen (secondary N) is 1. The molecule has 10 heteroatoms. The SMILES string of the molecule is NC(=O)c1nc(-c2cc(Cc3ccccc3OC(F)(F)F)ccc2F)n[nH]1. The second-order valence-corrected chi connectivity index (χ2v) is 5.52. The molecule has 0 spiro atoms. The lowest BCUT2D eigenvalue weighted by Crippen LogP contribution is -2.18. The van der Waals surface area contributed by atoms with Crippen molar-refractivity contribution in [2.45, 2.75) is 12.8 Å². The summed E-state index contributed by atoms with van der Waals surface area (Å²) >= 11 is 0. The molecule has 3 N–H and O–H groups in total. The zero-order valence-corrected chi connectivity index (χ0v) is 13.5. The number of para-hydroxylation sites is 1. The number of nitrogens with two attached hydrogens (primary N) is 1. The summed E-state index contributed by atoms with van der Waals surface area (Å²) in [6.07, 6.45) is -4.78. The monoisotopic (exact) mass is 380 g/mol. The number of hydrogen-bond donors (Lipinski definition) is 2. The van der Waals surface area contributed by atoms with Gasteiger partial charge in [-0.25, -0.2) is 9.37 Å². The number of benzene rings is 2. The van der Waals surface area contributed by atoms with Crippen molar-refractivity contribution in [2.75, 3.05) is 0 Å². The number of primary amides is 1. The number of nitrogens with zero attached hydrogens (tertiary/aromatic N) is 2. The van der Waals surface area contributed by atoms with E-state index in [2.05, 4.69) is 19.9 Å². The molecule has 0 saturated carbocycles. The zero-order chi connectivity index (χ0) is 19.6. The van der Waals surface area contributed by atoms with Gasteiger partial charge in [0.15, 0.2) is 5.82 Å². The van der Waals surface area contributed by atoms with Crippen LogP contribution in [0.25, 0.3) is 11.4 Å². The minimum atomic E-state index is -4.83. The van der Waals surface area contributed by atoms with Gasteiger partial charge in [0.05, 0.1) is 5.56 Å². The molecule has 0 radical (unpaired) electrons. The van der Waals surface area contributed by atoms with Gasteiger partial charge in [0.25, 0.3) is 5.91 Å². The van der Waals surface area contributed by atoms with Gasteiger partial charge in [0.2, 0.25) is 5.82 Å². The molecule has 140 valence electrons. The fourth-order valence-electron chi connectivity index (χ4n) is 2.44. The average Bonchev–Trinajstić information content (AvgIpc) is 3.07. The summed E-state index contributed by atoms with van der Waals surface area (Å²) in [6.45, 7) is 0. The molecule has 0 saturated heterocycles. The number of halogens is 4. The van der Waals surface area contributed by atoms with Gasteiger partial charge in [-0.3, -0.25) is 9.89 Å². The van der Waals surface area contributed by atoms with E-state index in [-0.39, 0.29) is 34.9 Å². The van der Waals surface area contributed by atoms with Crippen LogP contribution in [-0.2, 0) is 6.42 Å². The maximum absolute atomic E-state index is 14.1. The lowest BCUT2D eigenvalue weighted by atomic mass is 10.0. The summed E-state index contributed by atoms with van der Waals surface area (Å²) in [6, 6.07) is 9.59. The molecule has 0 aliphatic heterocycles. The Morgan fingerprint density at radius 1 is 1.19 bits per heavy atom. The first kappa shape index (κ1) is 18.4. The third-order valence-corrected chi connectivity index (χ3v) is 3.58. The van der Waals surface area contributed by atoms with Crippen LogP contribution in [0.2, 0.25) is 0 Å². The number of carbonyl (C=O) groups excluding carboxylic acids is 1. The Kier molecular flexibility index (Phi) is 4.80. The second-order valence-electron chi connectivity index (χ2n) is 5.52. The summed E-state index contributed by atoms with van der Waals surface area (Å²) in [5.74, 6) is -2.19. The molecule has 3 aromatic rings. The van der Waals surface area contributed by atoms with Crippen LogP contribution in [0.3, 0.4) is 0 Å². The van der Waals surface area contributed by atoms with Gasteiger partial charge >= 0.3 is 6.36 Å². The molecule has 27 heavy (non-hydrogen) atoms. The first-order chi connectivity index (χ1) is 12.7. The van der Waals surface area contributed by atoms with Gasteiger partial charge < -0.3 is 10.5 Å². The zero-order valence-electron chi connectivity index (χ0n) is 13.5. The lowest BCUT2D eigenvalue weighted by Gasteiger charge is -2.13. The number of aromatic amines is 1. The standard InChI is InChI=1S/C17H12F4N4O2/c18-12-6-5-9(8-11(12)15-23-16(14(22)26)25-24-15)7-10-3-1-2-4-13(10)27-17(19,20)21/h1-6,8H,7H2,(H2,22,26)(H,23,24,25). The van der Waals surface area contributed by atoms with Gasteiger partial charge in [-0.1, -0.05) is 24.3 Å². The molecule has 0 aliphatic carbocycles. The van der Waals surface area contributed by atoms with Crippen LogP contribution < -0.4 is 10.5 Å². The minimum absolute atomic E-state index is 0.0227. The minimum Gasteiger partial charge on any atom is -0.405 e. The fraction of sp³-hybridized carbons (Fsp3) is 0.118. The predicted molar refractivity (Wildman–Crippen MR) is 86.2 cm³/mol.